The first-order valence-electron chi connectivity index (χ1n) is 7.67. The van der Waals surface area contributed by atoms with E-state index in [-0.39, 0.29) is 11.5 Å². The molecule has 0 N–H and O–H groups in total. The predicted molar refractivity (Wildman–Crippen MR) is 92.1 cm³/mol. The van der Waals surface area contributed by atoms with Crippen molar-refractivity contribution in [3.05, 3.63) is 76.3 Å². The summed E-state index contributed by atoms with van der Waals surface area (Å²) in [5.74, 6) is 0.617. The van der Waals surface area contributed by atoms with Crippen molar-refractivity contribution in [1.82, 2.24) is 9.78 Å². The third kappa shape index (κ3) is 3.55. The molecule has 0 unspecified atom stereocenters. The number of carbonyl (C=O) groups is 1. The van der Waals surface area contributed by atoms with Gasteiger partial charge in [0.1, 0.15) is 11.5 Å². The summed E-state index contributed by atoms with van der Waals surface area (Å²) < 4.78 is 7.28. The first kappa shape index (κ1) is 16.4. The summed E-state index contributed by atoms with van der Waals surface area (Å²) in [7, 11) is 0. The van der Waals surface area contributed by atoms with Crippen LogP contribution in [0.4, 0.5) is 5.69 Å². The van der Waals surface area contributed by atoms with Crippen LogP contribution >= 0.6 is 0 Å². The molecule has 0 aliphatic carbocycles. The number of aromatic nitrogens is 2. The number of rotatable bonds is 6. The fourth-order valence-corrected chi connectivity index (χ4v) is 2.35. The van der Waals surface area contributed by atoms with Crippen molar-refractivity contribution in [3.63, 3.8) is 0 Å². The van der Waals surface area contributed by atoms with Crippen LogP contribution in [0, 0.1) is 10.1 Å². The smallest absolute Gasteiger partial charge is 0.280 e. The van der Waals surface area contributed by atoms with Gasteiger partial charge in [-0.1, -0.05) is 12.1 Å². The van der Waals surface area contributed by atoms with Gasteiger partial charge in [0, 0.05) is 18.8 Å². The van der Waals surface area contributed by atoms with Gasteiger partial charge in [-0.15, -0.1) is 0 Å². The molecule has 0 spiro atoms. The van der Waals surface area contributed by atoms with Crippen LogP contribution in [0.15, 0.2) is 59.3 Å². The molecule has 0 atom stereocenters. The minimum atomic E-state index is -0.456. The standard InChI is InChI=1S/C18H15N3O4/c1-2-20-12-13(11-19-20)17(22)9-7-14-8-10-18(25-14)15-5-3-4-6-16(15)21(23)24/h3-12H,2H2,1H3. The number of nitro groups is 1. The average molecular weight is 337 g/mol. The lowest BCUT2D eigenvalue weighted by molar-refractivity contribution is -0.384. The predicted octanol–water partition coefficient (Wildman–Crippen LogP) is 3.97. The van der Waals surface area contributed by atoms with E-state index < -0.39 is 4.92 Å². The van der Waals surface area contributed by atoms with E-state index in [0.29, 0.717) is 29.2 Å². The Morgan fingerprint density at radius 3 is 2.84 bits per heavy atom. The fraction of sp³-hybridized carbons (Fsp3) is 0.111. The molecule has 0 saturated carbocycles. The minimum absolute atomic E-state index is 0.0320. The van der Waals surface area contributed by atoms with Gasteiger partial charge in [0.2, 0.25) is 0 Å². The van der Waals surface area contributed by atoms with Crippen molar-refractivity contribution in [2.45, 2.75) is 13.5 Å². The Labute approximate surface area is 143 Å². The summed E-state index contributed by atoms with van der Waals surface area (Å²) in [5, 5.41) is 15.2. The minimum Gasteiger partial charge on any atom is -0.456 e. The highest BCUT2D eigenvalue weighted by molar-refractivity contribution is 6.06. The van der Waals surface area contributed by atoms with Gasteiger partial charge >= 0.3 is 0 Å². The molecule has 7 heteroatoms. The number of nitro benzene ring substituents is 1. The molecule has 25 heavy (non-hydrogen) atoms. The molecule has 0 saturated heterocycles. The number of carbonyl (C=O) groups excluding carboxylic acids is 1. The van der Waals surface area contributed by atoms with Crippen molar-refractivity contribution in [1.29, 1.82) is 0 Å². The Hall–Kier alpha value is -3.48. The first-order valence-corrected chi connectivity index (χ1v) is 7.67. The van der Waals surface area contributed by atoms with Crippen LogP contribution in [0.1, 0.15) is 23.0 Å². The number of nitrogens with zero attached hydrogens (tertiary/aromatic N) is 3. The van der Waals surface area contributed by atoms with Crippen molar-refractivity contribution in [2.24, 2.45) is 0 Å². The van der Waals surface area contributed by atoms with Crippen LogP contribution in [-0.2, 0) is 6.54 Å². The Balaban J connectivity index is 1.80. The number of hydrogen-bond donors (Lipinski definition) is 0. The van der Waals surface area contributed by atoms with Gasteiger partial charge in [-0.05, 0) is 37.3 Å². The van der Waals surface area contributed by atoms with E-state index in [0.717, 1.165) is 0 Å². The Bertz CT molecular complexity index is 953. The molecular formula is C18H15N3O4. The molecule has 3 aromatic rings. The molecule has 0 amide bonds. The lowest BCUT2D eigenvalue weighted by Crippen LogP contribution is -1.94. The second-order valence-electron chi connectivity index (χ2n) is 5.26. The number of allylic oxidation sites excluding steroid dienone is 1. The Kier molecular flexibility index (Phi) is 4.56. The molecule has 0 aliphatic rings. The zero-order valence-electron chi connectivity index (χ0n) is 13.5. The maximum absolute atomic E-state index is 12.1. The lowest BCUT2D eigenvalue weighted by atomic mass is 10.1. The van der Waals surface area contributed by atoms with E-state index >= 15 is 0 Å². The topological polar surface area (TPSA) is 91.2 Å². The van der Waals surface area contributed by atoms with Crippen LogP contribution in [0.2, 0.25) is 0 Å². The molecule has 3 rings (SSSR count). The second kappa shape index (κ2) is 6.96. The molecule has 0 bridgehead atoms. The first-order chi connectivity index (χ1) is 12.1. The van der Waals surface area contributed by atoms with Crippen LogP contribution in [0.25, 0.3) is 17.4 Å². The molecular weight excluding hydrogens is 322 g/mol. The van der Waals surface area contributed by atoms with Crippen LogP contribution in [0.3, 0.4) is 0 Å². The fourth-order valence-electron chi connectivity index (χ4n) is 2.35. The van der Waals surface area contributed by atoms with Gasteiger partial charge < -0.3 is 4.42 Å². The zero-order valence-corrected chi connectivity index (χ0v) is 13.5. The number of para-hydroxylation sites is 1. The van der Waals surface area contributed by atoms with Gasteiger partial charge in [-0.25, -0.2) is 0 Å². The van der Waals surface area contributed by atoms with Crippen molar-refractivity contribution in [2.75, 3.05) is 0 Å². The normalized spacial score (nSPS) is 11.1. The SMILES string of the molecule is CCn1cc(C(=O)C=Cc2ccc(-c3ccccc3[N+](=O)[O-])o2)cn1. The summed E-state index contributed by atoms with van der Waals surface area (Å²) in [5.41, 5.74) is 0.849. The van der Waals surface area contributed by atoms with Crippen LogP contribution in [-0.4, -0.2) is 20.5 Å². The molecule has 2 heterocycles. The molecule has 126 valence electrons. The van der Waals surface area contributed by atoms with Gasteiger partial charge in [0.05, 0.1) is 22.2 Å². The summed E-state index contributed by atoms with van der Waals surface area (Å²) in [4.78, 5) is 22.7. The number of hydrogen-bond acceptors (Lipinski definition) is 5. The maximum Gasteiger partial charge on any atom is 0.280 e. The Morgan fingerprint density at radius 1 is 1.32 bits per heavy atom. The van der Waals surface area contributed by atoms with E-state index in [4.69, 9.17) is 4.42 Å². The van der Waals surface area contributed by atoms with Crippen molar-refractivity contribution >= 4 is 17.5 Å². The van der Waals surface area contributed by atoms with Crippen molar-refractivity contribution < 1.29 is 14.1 Å². The van der Waals surface area contributed by atoms with Gasteiger partial charge in [0.25, 0.3) is 5.69 Å². The number of ketones is 1. The summed E-state index contributed by atoms with van der Waals surface area (Å²) in [6.45, 7) is 2.62. The molecule has 0 radical (unpaired) electrons. The molecule has 7 nitrogen and oxygen atoms in total. The summed E-state index contributed by atoms with van der Waals surface area (Å²) >= 11 is 0. The van der Waals surface area contributed by atoms with Crippen LogP contribution < -0.4 is 0 Å². The highest BCUT2D eigenvalue weighted by Gasteiger charge is 2.16. The summed E-state index contributed by atoms with van der Waals surface area (Å²) in [6.07, 6.45) is 6.10. The van der Waals surface area contributed by atoms with Gasteiger partial charge in [0.15, 0.2) is 5.78 Å². The second-order valence-corrected chi connectivity index (χ2v) is 5.26. The van der Waals surface area contributed by atoms with E-state index in [1.165, 1.54) is 24.4 Å². The van der Waals surface area contributed by atoms with Crippen molar-refractivity contribution in [3.8, 4) is 11.3 Å². The number of furan rings is 1. The van der Waals surface area contributed by atoms with E-state index in [9.17, 15) is 14.9 Å². The molecule has 2 aromatic heterocycles. The van der Waals surface area contributed by atoms with E-state index in [1.807, 2.05) is 6.92 Å². The monoisotopic (exact) mass is 337 g/mol. The third-order valence-electron chi connectivity index (χ3n) is 3.63. The lowest BCUT2D eigenvalue weighted by Gasteiger charge is -1.98. The largest absolute Gasteiger partial charge is 0.456 e. The maximum atomic E-state index is 12.1. The average Bonchev–Trinajstić information content (AvgIpc) is 3.29. The zero-order chi connectivity index (χ0) is 17.8. The van der Waals surface area contributed by atoms with Gasteiger partial charge in [-0.2, -0.15) is 5.10 Å². The summed E-state index contributed by atoms with van der Waals surface area (Å²) in [6, 6.07) is 9.64. The van der Waals surface area contributed by atoms with E-state index in [1.54, 1.807) is 41.2 Å². The molecule has 1 aromatic carbocycles. The third-order valence-corrected chi connectivity index (χ3v) is 3.63. The van der Waals surface area contributed by atoms with Gasteiger partial charge in [-0.3, -0.25) is 19.6 Å². The van der Waals surface area contributed by atoms with E-state index in [2.05, 4.69) is 5.10 Å². The number of benzene rings is 1. The quantitative estimate of drug-likeness (QED) is 0.294. The Morgan fingerprint density at radius 2 is 2.12 bits per heavy atom. The van der Waals surface area contributed by atoms with Crippen LogP contribution in [0.5, 0.6) is 0 Å². The highest BCUT2D eigenvalue weighted by Crippen LogP contribution is 2.31. The molecule has 0 aliphatic heterocycles. The number of aryl methyl sites for hydroxylation is 1. The highest BCUT2D eigenvalue weighted by atomic mass is 16.6. The molecule has 0 fully saturated rings.